The Hall–Kier alpha value is -4.05. The number of aromatic nitrogens is 1. The second-order valence-corrected chi connectivity index (χ2v) is 7.19. The number of furan rings is 1. The van der Waals surface area contributed by atoms with Gasteiger partial charge in [0.25, 0.3) is 5.69 Å². The fourth-order valence-electron chi connectivity index (χ4n) is 2.63. The molecule has 1 N–H and O–H groups in total. The third-order valence-electron chi connectivity index (χ3n) is 4.12. The summed E-state index contributed by atoms with van der Waals surface area (Å²) < 4.78 is 11.9. The molecule has 2 aromatic heterocycles. The Morgan fingerprint density at radius 2 is 1.97 bits per heavy atom. The first-order chi connectivity index (χ1) is 15.0. The number of hydrazone groups is 1. The quantitative estimate of drug-likeness (QED) is 0.234. The summed E-state index contributed by atoms with van der Waals surface area (Å²) >= 11 is 3.38. The lowest BCUT2D eigenvalue weighted by atomic mass is 10.2. The van der Waals surface area contributed by atoms with Crippen LogP contribution in [0, 0.1) is 10.1 Å². The molecule has 4 rings (SSSR count). The maximum atomic E-state index is 12.2. The summed E-state index contributed by atoms with van der Waals surface area (Å²) in [6.45, 7) is 0. The zero-order valence-corrected chi connectivity index (χ0v) is 17.3. The lowest BCUT2D eigenvalue weighted by Gasteiger charge is -2.04. The highest BCUT2D eigenvalue weighted by Gasteiger charge is 2.11. The van der Waals surface area contributed by atoms with Gasteiger partial charge in [-0.25, -0.2) is 10.4 Å². The van der Waals surface area contributed by atoms with E-state index in [9.17, 15) is 14.9 Å². The number of ether oxygens (including phenoxy) is 1. The van der Waals surface area contributed by atoms with Crippen LogP contribution in [0.1, 0.15) is 16.1 Å². The molecule has 0 fully saturated rings. The van der Waals surface area contributed by atoms with E-state index in [1.54, 1.807) is 36.4 Å². The molecule has 4 aromatic rings. The molecule has 2 aromatic carbocycles. The van der Waals surface area contributed by atoms with Crippen molar-refractivity contribution in [2.24, 2.45) is 5.10 Å². The summed E-state index contributed by atoms with van der Waals surface area (Å²) in [5.74, 6) is 0.422. The standard InChI is InChI=1S/C21H13BrN4O5/c22-15-3-7-18-14(9-15)10-19(31-18)21(27)25-24-11-13-1-5-17(6-2-13)30-20-8-4-16(12-23-20)26(28)29/h1-12H,(H,25,27). The van der Waals surface area contributed by atoms with Gasteiger partial charge < -0.3 is 9.15 Å². The number of nitrogens with one attached hydrogen (secondary N) is 1. The van der Waals surface area contributed by atoms with E-state index in [0.717, 1.165) is 21.6 Å². The van der Waals surface area contributed by atoms with Gasteiger partial charge in [-0.15, -0.1) is 0 Å². The van der Waals surface area contributed by atoms with Crippen LogP contribution in [0.15, 0.2) is 80.9 Å². The molecule has 10 heteroatoms. The minimum atomic E-state index is -0.531. The number of fused-ring (bicyclic) bond motifs is 1. The molecule has 0 saturated heterocycles. The molecule has 0 saturated carbocycles. The van der Waals surface area contributed by atoms with Crippen molar-refractivity contribution in [3.63, 3.8) is 0 Å². The van der Waals surface area contributed by atoms with Crippen LogP contribution in [-0.4, -0.2) is 22.0 Å². The summed E-state index contributed by atoms with van der Waals surface area (Å²) in [5.41, 5.74) is 3.63. The van der Waals surface area contributed by atoms with Crippen molar-refractivity contribution in [2.45, 2.75) is 0 Å². The maximum absolute atomic E-state index is 12.2. The van der Waals surface area contributed by atoms with Crippen LogP contribution in [0.3, 0.4) is 0 Å². The van der Waals surface area contributed by atoms with Gasteiger partial charge in [0.2, 0.25) is 5.88 Å². The Morgan fingerprint density at radius 3 is 2.68 bits per heavy atom. The predicted octanol–water partition coefficient (Wildman–Crippen LogP) is 5.05. The smallest absolute Gasteiger partial charge is 0.307 e. The number of nitrogens with zero attached hydrogens (tertiary/aromatic N) is 3. The van der Waals surface area contributed by atoms with Gasteiger partial charge in [-0.1, -0.05) is 15.9 Å². The number of nitro groups is 1. The topological polar surface area (TPSA) is 120 Å². The van der Waals surface area contributed by atoms with Crippen LogP contribution in [0.4, 0.5) is 5.69 Å². The Bertz CT molecular complexity index is 1280. The number of pyridine rings is 1. The molecule has 0 atom stereocenters. The van der Waals surface area contributed by atoms with Gasteiger partial charge in [-0.3, -0.25) is 14.9 Å². The number of hydrogen-bond donors (Lipinski definition) is 1. The van der Waals surface area contributed by atoms with Gasteiger partial charge in [-0.05, 0) is 54.1 Å². The van der Waals surface area contributed by atoms with Gasteiger partial charge in [0.15, 0.2) is 5.76 Å². The molecule has 0 radical (unpaired) electrons. The number of amides is 1. The summed E-state index contributed by atoms with van der Waals surface area (Å²) in [4.78, 5) is 26.2. The van der Waals surface area contributed by atoms with E-state index < -0.39 is 10.8 Å². The zero-order valence-electron chi connectivity index (χ0n) is 15.7. The fraction of sp³-hybridized carbons (Fsp3) is 0. The van der Waals surface area contributed by atoms with Crippen molar-refractivity contribution in [1.82, 2.24) is 10.4 Å². The van der Waals surface area contributed by atoms with E-state index in [-0.39, 0.29) is 17.3 Å². The number of halogens is 1. The number of carbonyl (C=O) groups is 1. The van der Waals surface area contributed by atoms with E-state index in [1.165, 1.54) is 18.3 Å². The number of hydrogen-bond acceptors (Lipinski definition) is 7. The predicted molar refractivity (Wildman–Crippen MR) is 116 cm³/mol. The maximum Gasteiger partial charge on any atom is 0.307 e. The Balaban J connectivity index is 1.35. The lowest BCUT2D eigenvalue weighted by Crippen LogP contribution is -2.16. The van der Waals surface area contributed by atoms with Crippen LogP contribution in [-0.2, 0) is 0 Å². The highest BCUT2D eigenvalue weighted by Crippen LogP contribution is 2.23. The lowest BCUT2D eigenvalue weighted by molar-refractivity contribution is -0.385. The molecule has 0 aliphatic rings. The van der Waals surface area contributed by atoms with Crippen molar-refractivity contribution < 1.29 is 18.9 Å². The van der Waals surface area contributed by atoms with Crippen molar-refractivity contribution in [2.75, 3.05) is 0 Å². The highest BCUT2D eigenvalue weighted by molar-refractivity contribution is 9.10. The average Bonchev–Trinajstić information content (AvgIpc) is 3.18. The first-order valence-corrected chi connectivity index (χ1v) is 9.68. The molecule has 154 valence electrons. The number of carbonyl (C=O) groups excluding carboxylic acids is 1. The van der Waals surface area contributed by atoms with E-state index >= 15 is 0 Å². The monoisotopic (exact) mass is 480 g/mol. The first-order valence-electron chi connectivity index (χ1n) is 8.89. The number of benzene rings is 2. The van der Waals surface area contributed by atoms with E-state index in [0.29, 0.717) is 11.3 Å². The molecule has 31 heavy (non-hydrogen) atoms. The van der Waals surface area contributed by atoms with Gasteiger partial charge in [0.1, 0.15) is 17.5 Å². The fourth-order valence-corrected chi connectivity index (χ4v) is 3.01. The van der Waals surface area contributed by atoms with Crippen molar-refractivity contribution >= 4 is 44.7 Å². The summed E-state index contributed by atoms with van der Waals surface area (Å²) in [6.07, 6.45) is 2.60. The minimum Gasteiger partial charge on any atom is -0.451 e. The molecule has 1 amide bonds. The van der Waals surface area contributed by atoms with Crippen LogP contribution in [0.5, 0.6) is 11.6 Å². The van der Waals surface area contributed by atoms with Crippen LogP contribution < -0.4 is 10.2 Å². The zero-order chi connectivity index (χ0) is 21.8. The summed E-state index contributed by atoms with van der Waals surface area (Å²) in [6, 6.07) is 16.7. The third-order valence-corrected chi connectivity index (χ3v) is 4.61. The van der Waals surface area contributed by atoms with Crippen LogP contribution in [0.2, 0.25) is 0 Å². The largest absolute Gasteiger partial charge is 0.451 e. The minimum absolute atomic E-state index is 0.114. The highest BCUT2D eigenvalue weighted by atomic mass is 79.9. The Kier molecular flexibility index (Phi) is 5.72. The van der Waals surface area contributed by atoms with Gasteiger partial charge >= 0.3 is 5.91 Å². The van der Waals surface area contributed by atoms with Gasteiger partial charge in [0, 0.05) is 22.0 Å². The SMILES string of the molecule is O=C(NN=Cc1ccc(Oc2ccc([N+](=O)[O-])cn2)cc1)c1cc2cc(Br)ccc2o1. The van der Waals surface area contributed by atoms with Crippen molar-refractivity contribution in [1.29, 1.82) is 0 Å². The van der Waals surface area contributed by atoms with Crippen molar-refractivity contribution in [3.05, 3.63) is 92.8 Å². The molecular weight excluding hydrogens is 468 g/mol. The van der Waals surface area contributed by atoms with Gasteiger partial charge in [0.05, 0.1) is 11.1 Å². The normalized spacial score (nSPS) is 11.0. The van der Waals surface area contributed by atoms with Crippen molar-refractivity contribution in [3.8, 4) is 11.6 Å². The first kappa shape index (κ1) is 20.2. The summed E-state index contributed by atoms with van der Waals surface area (Å²) in [7, 11) is 0. The molecular formula is C21H13BrN4O5. The Morgan fingerprint density at radius 1 is 1.16 bits per heavy atom. The Labute approximate surface area is 183 Å². The number of rotatable bonds is 6. The molecule has 0 spiro atoms. The van der Waals surface area contributed by atoms with E-state index in [4.69, 9.17) is 9.15 Å². The molecule has 0 aliphatic carbocycles. The average molecular weight is 481 g/mol. The molecule has 2 heterocycles. The molecule has 9 nitrogen and oxygen atoms in total. The van der Waals surface area contributed by atoms with Gasteiger partial charge in [-0.2, -0.15) is 5.10 Å². The third kappa shape index (κ3) is 4.93. The second kappa shape index (κ2) is 8.76. The molecule has 0 bridgehead atoms. The van der Waals surface area contributed by atoms with Crippen LogP contribution >= 0.6 is 15.9 Å². The van der Waals surface area contributed by atoms with E-state index in [1.807, 2.05) is 12.1 Å². The molecule has 0 unspecified atom stereocenters. The summed E-state index contributed by atoms with van der Waals surface area (Å²) in [5, 5.41) is 15.4. The molecule has 0 aliphatic heterocycles. The van der Waals surface area contributed by atoms with Crippen LogP contribution in [0.25, 0.3) is 11.0 Å². The van der Waals surface area contributed by atoms with E-state index in [2.05, 4.69) is 31.4 Å². The second-order valence-electron chi connectivity index (χ2n) is 6.27.